The van der Waals surface area contributed by atoms with E-state index in [2.05, 4.69) is 10.1 Å². The number of hydrogen-bond donors (Lipinski definition) is 0. The molecule has 0 radical (unpaired) electrons. The minimum absolute atomic E-state index is 1.72. The first-order valence-corrected chi connectivity index (χ1v) is 3.25. The minimum Gasteiger partial charge on any atom is -0.279 e. The summed E-state index contributed by atoms with van der Waals surface area (Å²) in [6.45, 7) is 0. The van der Waals surface area contributed by atoms with E-state index in [1.165, 1.54) is 0 Å². The fraction of sp³-hybridized carbons (Fsp3) is 0. The van der Waals surface area contributed by atoms with E-state index < -0.39 is 0 Å². The molecule has 0 aliphatic heterocycles. The molecule has 0 saturated heterocycles. The van der Waals surface area contributed by atoms with Gasteiger partial charge in [-0.1, -0.05) is 0 Å². The van der Waals surface area contributed by atoms with Crippen LogP contribution in [0, 0.1) is 0 Å². The maximum atomic E-state index is 8.06. The van der Waals surface area contributed by atoms with Crippen LogP contribution in [0.4, 0.5) is 0 Å². The van der Waals surface area contributed by atoms with Crippen LogP contribution in [0.2, 0.25) is 0 Å². The summed E-state index contributed by atoms with van der Waals surface area (Å²) in [7, 11) is 6.30. The fourth-order valence-electron chi connectivity index (χ4n) is 0. The summed E-state index contributed by atoms with van der Waals surface area (Å²) in [6.07, 6.45) is 0. The quantitative estimate of drug-likeness (QED) is 0.376. The Morgan fingerprint density at radius 3 is 1.50 bits per heavy atom. The van der Waals surface area contributed by atoms with Gasteiger partial charge < -0.3 is 0 Å². The molecule has 0 unspecified atom stereocenters. The van der Waals surface area contributed by atoms with Crippen LogP contribution in [-0.4, -0.2) is 15.1 Å². The molecule has 4 heteroatoms. The monoisotopic (exact) mass is 164 g/mol. The molecule has 0 rings (SSSR count). The van der Waals surface area contributed by atoms with Crippen LogP contribution in [0.25, 0.3) is 0 Å². The van der Waals surface area contributed by atoms with Gasteiger partial charge in [-0.3, -0.25) is 4.57 Å². The molecule has 0 spiro atoms. The normalized spacial score (nSPS) is 2.50. The van der Waals surface area contributed by atoms with Gasteiger partial charge in [-0.25, -0.2) is 0 Å². The predicted molar refractivity (Wildman–Crippen MR) is 22.0 cm³/mol. The van der Waals surface area contributed by atoms with Crippen molar-refractivity contribution >= 4 is 34.3 Å². The van der Waals surface area contributed by atoms with Crippen molar-refractivity contribution in [3.05, 3.63) is 0 Å². The molecule has 0 atom stereocenters. The van der Waals surface area contributed by atoms with E-state index in [1.807, 2.05) is 0 Å². The molecule has 4 heavy (non-hydrogen) atoms. The number of hydrogen-bond acceptors (Lipinski definition) is 1. The maximum absolute atomic E-state index is 8.06. The molecule has 0 aromatic rings. The summed E-state index contributed by atoms with van der Waals surface area (Å²) in [4.78, 5) is 0. The molecule has 0 aromatic heterocycles. The first kappa shape index (κ1) is 8.86. The minimum atomic E-state index is 1.72. The van der Waals surface area contributed by atoms with Gasteiger partial charge >= 0.3 is 25.2 Å². The zero-order chi connectivity index (χ0) is 4.00. The van der Waals surface area contributed by atoms with E-state index in [-0.39, 0.29) is 0 Å². The molecule has 1 nitrogen and oxygen atoms in total. The molecule has 0 bridgehead atoms. The van der Waals surface area contributed by atoms with E-state index in [4.69, 9.17) is 4.57 Å². The van der Waals surface area contributed by atoms with Crippen LogP contribution in [-0.2, 0) is 4.57 Å². The summed E-state index contributed by atoms with van der Waals surface area (Å²) in [5.74, 6) is 0. The van der Waals surface area contributed by atoms with E-state index in [1.54, 1.807) is 24.2 Å². The second-order valence-electron chi connectivity index (χ2n) is 0. The molecule has 0 fully saturated rings. The van der Waals surface area contributed by atoms with Crippen molar-refractivity contribution in [1.82, 2.24) is 0 Å². The number of halogens is 1. The van der Waals surface area contributed by atoms with Crippen LogP contribution in [0.3, 0.4) is 0 Å². The van der Waals surface area contributed by atoms with Crippen molar-refractivity contribution in [3.8, 4) is 0 Å². The Labute approximate surface area is 39.4 Å². The average Bonchev–Trinajstić information content (AvgIpc) is 1.50. The van der Waals surface area contributed by atoms with Crippen molar-refractivity contribution in [2.24, 2.45) is 0 Å². The van der Waals surface area contributed by atoms with Gasteiger partial charge in [-0.2, -0.15) is 0 Å². The summed E-state index contributed by atoms with van der Waals surface area (Å²) < 4.78 is 8.06. The van der Waals surface area contributed by atoms with E-state index >= 15 is 0 Å². The second-order valence-corrected chi connectivity index (χ2v) is 0. The Kier molecular flexibility index (Phi) is 88.7. The molecule has 0 aliphatic rings. The Hall–Kier alpha value is 0.909. The molecule has 0 aliphatic carbocycles. The third-order valence-electron chi connectivity index (χ3n) is 0. The molecular weight excluding hydrogens is 161 g/mol. The molecule has 0 heterocycles. The standard InChI is InChI=1S/ClHSe.HOP/c2*1-2/h2*2H. The van der Waals surface area contributed by atoms with Gasteiger partial charge in [0, 0.05) is 0 Å². The molecule has 0 amide bonds. The first-order chi connectivity index (χ1) is 2.00. The molecule has 0 aromatic carbocycles. The Morgan fingerprint density at radius 1 is 1.50 bits per heavy atom. The zero-order valence-electron chi connectivity index (χ0n) is 1.73. The van der Waals surface area contributed by atoms with Crippen molar-refractivity contribution in [3.63, 3.8) is 0 Å². The number of rotatable bonds is 0. The van der Waals surface area contributed by atoms with Crippen molar-refractivity contribution in [2.75, 3.05) is 0 Å². The molecule has 26 valence electrons. The van der Waals surface area contributed by atoms with Gasteiger partial charge in [-0.15, -0.1) is 0 Å². The van der Waals surface area contributed by atoms with Gasteiger partial charge in [-0.05, 0) is 0 Å². The summed E-state index contributed by atoms with van der Waals surface area (Å²) in [5, 5.41) is 0. The van der Waals surface area contributed by atoms with Gasteiger partial charge in [0.25, 0.3) is 0 Å². The van der Waals surface area contributed by atoms with E-state index in [0.717, 1.165) is 0 Å². The summed E-state index contributed by atoms with van der Waals surface area (Å²) in [5.41, 5.74) is 0. The summed E-state index contributed by atoms with van der Waals surface area (Å²) in [6, 6.07) is 0. The molecular formula is H2ClOPSe. The van der Waals surface area contributed by atoms with Crippen LogP contribution >= 0.6 is 19.2 Å². The van der Waals surface area contributed by atoms with Gasteiger partial charge in [0.05, 0.1) is 0 Å². The Morgan fingerprint density at radius 2 is 1.50 bits per heavy atom. The average molecular weight is 163 g/mol. The first-order valence-electron chi connectivity index (χ1n) is 0.373. The van der Waals surface area contributed by atoms with Crippen LogP contribution in [0.15, 0.2) is 0 Å². The largest absolute Gasteiger partial charge is 0.279 e. The van der Waals surface area contributed by atoms with Crippen molar-refractivity contribution in [1.29, 1.82) is 0 Å². The maximum Gasteiger partial charge on any atom is 0.138 e. The van der Waals surface area contributed by atoms with Gasteiger partial charge in [0.15, 0.2) is 0 Å². The second kappa shape index (κ2) is 40.0. The smallest absolute Gasteiger partial charge is 0.138 e. The van der Waals surface area contributed by atoms with Crippen molar-refractivity contribution in [2.45, 2.75) is 0 Å². The molecule has 0 saturated carbocycles. The summed E-state index contributed by atoms with van der Waals surface area (Å²) >= 11 is 1.78. The fourth-order valence-corrected chi connectivity index (χ4v) is 0. The van der Waals surface area contributed by atoms with Gasteiger partial charge in [0.2, 0.25) is 0 Å². The van der Waals surface area contributed by atoms with E-state index in [9.17, 15) is 0 Å². The van der Waals surface area contributed by atoms with Crippen LogP contribution in [0.1, 0.15) is 0 Å². The van der Waals surface area contributed by atoms with Gasteiger partial charge in [0.1, 0.15) is 9.12 Å². The Bertz CT molecular complexity index is 8.00. The van der Waals surface area contributed by atoms with Crippen molar-refractivity contribution < 1.29 is 4.57 Å². The van der Waals surface area contributed by atoms with Crippen LogP contribution in [0.5, 0.6) is 0 Å². The SMILES string of the molecule is Cl[SeH].O=P. The molecule has 0 N–H and O–H groups in total. The Balaban J connectivity index is 0. The topological polar surface area (TPSA) is 17.1 Å². The predicted octanol–water partition coefficient (Wildman–Crippen LogP) is 0.516. The van der Waals surface area contributed by atoms with E-state index in [0.29, 0.717) is 0 Å². The third-order valence-corrected chi connectivity index (χ3v) is 0. The van der Waals surface area contributed by atoms with Crippen LogP contribution < -0.4 is 0 Å². The zero-order valence-corrected chi connectivity index (χ0v) is 5.37. The third kappa shape index (κ3) is 12.8.